The molecule has 19 heavy (non-hydrogen) atoms. The van der Waals surface area contributed by atoms with Gasteiger partial charge in [0.1, 0.15) is 0 Å². The zero-order chi connectivity index (χ0) is 14.2. The van der Waals surface area contributed by atoms with Crippen LogP contribution in [-0.2, 0) is 14.8 Å². The Bertz CT molecular complexity index is 602. The lowest BCUT2D eigenvalue weighted by molar-refractivity contribution is -0.139. The van der Waals surface area contributed by atoms with E-state index in [1.54, 1.807) is 6.07 Å². The van der Waals surface area contributed by atoms with Crippen LogP contribution in [0.4, 0.5) is 14.5 Å². The first-order valence-corrected chi connectivity index (χ1v) is 6.97. The molecule has 0 spiro atoms. The molecule has 1 aromatic rings. The number of fused-ring (bicyclic) bond motifs is 1. The third-order valence-corrected chi connectivity index (χ3v) is 4.48. The highest BCUT2D eigenvalue weighted by atomic mass is 32.2. The number of aliphatic carboxylic acids is 1. The molecule has 1 aliphatic heterocycles. The average molecular weight is 291 g/mol. The predicted octanol–water partition coefficient (Wildman–Crippen LogP) is 1.62. The van der Waals surface area contributed by atoms with E-state index in [1.165, 1.54) is 18.2 Å². The quantitative estimate of drug-likeness (QED) is 0.918. The number of hydrogen-bond donors (Lipinski definition) is 1. The molecule has 0 amide bonds. The van der Waals surface area contributed by atoms with Crippen molar-refractivity contribution in [1.29, 1.82) is 0 Å². The maximum absolute atomic E-state index is 12.6. The van der Waals surface area contributed by atoms with Crippen LogP contribution < -0.4 is 4.31 Å². The molecule has 1 aliphatic rings. The van der Waals surface area contributed by atoms with Crippen molar-refractivity contribution in [2.75, 3.05) is 10.8 Å². The van der Waals surface area contributed by atoms with Gasteiger partial charge in [0.15, 0.2) is 0 Å². The second-order valence-electron chi connectivity index (χ2n) is 4.12. The van der Waals surface area contributed by atoms with Crippen LogP contribution in [0, 0.1) is 0 Å². The summed E-state index contributed by atoms with van der Waals surface area (Å²) in [6, 6.07) is 5.82. The lowest BCUT2D eigenvalue weighted by atomic mass is 9.91. The number of sulfonamides is 1. The molecule has 1 N–H and O–H groups in total. The summed E-state index contributed by atoms with van der Waals surface area (Å²) in [5.41, 5.74) is 0.256. The monoisotopic (exact) mass is 291 g/mol. The fraction of sp³-hybridized carbons (Fsp3) is 0.364. The first kappa shape index (κ1) is 13.7. The number of anilines is 1. The SMILES string of the molecule is O=C(O)C1CCN(S(=O)(=O)C(F)F)c2ccccc21. The van der Waals surface area contributed by atoms with Gasteiger partial charge in [0.05, 0.1) is 11.6 Å². The summed E-state index contributed by atoms with van der Waals surface area (Å²) in [6.07, 6.45) is -0.0295. The van der Waals surface area contributed by atoms with Crippen molar-refractivity contribution in [3.8, 4) is 0 Å². The number of nitrogens with zero attached hydrogens (tertiary/aromatic N) is 1. The molecule has 0 radical (unpaired) electrons. The molecule has 104 valence electrons. The number of para-hydroxylation sites is 1. The van der Waals surface area contributed by atoms with Crippen molar-refractivity contribution >= 4 is 21.7 Å². The molecule has 0 saturated carbocycles. The van der Waals surface area contributed by atoms with E-state index in [9.17, 15) is 22.0 Å². The largest absolute Gasteiger partial charge is 0.481 e. The number of carboxylic acids is 1. The van der Waals surface area contributed by atoms with E-state index in [4.69, 9.17) is 5.11 Å². The average Bonchev–Trinajstić information content (AvgIpc) is 2.36. The molecule has 2 rings (SSSR count). The van der Waals surface area contributed by atoms with Crippen LogP contribution in [0.1, 0.15) is 17.9 Å². The van der Waals surface area contributed by atoms with Gasteiger partial charge in [-0.25, -0.2) is 8.42 Å². The van der Waals surface area contributed by atoms with Gasteiger partial charge < -0.3 is 5.11 Å². The number of carboxylic acid groups (broad SMARTS) is 1. The minimum Gasteiger partial charge on any atom is -0.481 e. The van der Waals surface area contributed by atoms with Gasteiger partial charge in [-0.1, -0.05) is 18.2 Å². The van der Waals surface area contributed by atoms with Gasteiger partial charge in [-0.3, -0.25) is 9.10 Å². The van der Waals surface area contributed by atoms with E-state index in [0.717, 1.165) is 0 Å². The molecule has 0 aliphatic carbocycles. The maximum Gasteiger partial charge on any atom is 0.355 e. The van der Waals surface area contributed by atoms with Crippen LogP contribution in [-0.4, -0.2) is 31.8 Å². The summed E-state index contributed by atoms with van der Waals surface area (Å²) in [7, 11) is -4.76. The van der Waals surface area contributed by atoms with E-state index in [0.29, 0.717) is 4.31 Å². The van der Waals surface area contributed by atoms with E-state index in [1.807, 2.05) is 0 Å². The van der Waals surface area contributed by atoms with E-state index >= 15 is 0 Å². The van der Waals surface area contributed by atoms with Crippen LogP contribution in [0.15, 0.2) is 24.3 Å². The Morgan fingerprint density at radius 1 is 1.37 bits per heavy atom. The molecule has 0 fully saturated rings. The Morgan fingerprint density at radius 3 is 2.58 bits per heavy atom. The van der Waals surface area contributed by atoms with Crippen LogP contribution in [0.25, 0.3) is 0 Å². The number of halogens is 2. The highest BCUT2D eigenvalue weighted by Crippen LogP contribution is 2.37. The summed E-state index contributed by atoms with van der Waals surface area (Å²) in [4.78, 5) is 11.1. The fourth-order valence-corrected chi connectivity index (χ4v) is 3.14. The Balaban J connectivity index is 2.53. The van der Waals surface area contributed by atoms with E-state index in [-0.39, 0.29) is 24.2 Å². The Morgan fingerprint density at radius 2 is 2.00 bits per heavy atom. The third-order valence-electron chi connectivity index (χ3n) is 3.03. The topological polar surface area (TPSA) is 74.7 Å². The normalized spacial score (nSPS) is 19.3. The molecular weight excluding hydrogens is 280 g/mol. The van der Waals surface area contributed by atoms with Crippen molar-refractivity contribution in [2.24, 2.45) is 0 Å². The molecule has 5 nitrogen and oxygen atoms in total. The van der Waals surface area contributed by atoms with Crippen molar-refractivity contribution in [3.63, 3.8) is 0 Å². The smallest absolute Gasteiger partial charge is 0.355 e. The number of carbonyl (C=O) groups is 1. The van der Waals surface area contributed by atoms with Gasteiger partial charge in [-0.15, -0.1) is 0 Å². The summed E-state index contributed by atoms with van der Waals surface area (Å²) < 4.78 is 48.9. The second kappa shape index (κ2) is 4.76. The molecule has 8 heteroatoms. The summed E-state index contributed by atoms with van der Waals surface area (Å²) in [6.45, 7) is -0.263. The van der Waals surface area contributed by atoms with Gasteiger partial charge in [-0.2, -0.15) is 8.78 Å². The summed E-state index contributed by atoms with van der Waals surface area (Å²) in [5, 5.41) is 9.07. The first-order valence-electron chi connectivity index (χ1n) is 5.47. The first-order chi connectivity index (χ1) is 8.85. The van der Waals surface area contributed by atoms with Crippen molar-refractivity contribution in [3.05, 3.63) is 29.8 Å². The zero-order valence-corrected chi connectivity index (χ0v) is 10.5. The summed E-state index contributed by atoms with van der Waals surface area (Å²) in [5.74, 6) is -5.50. The minimum absolute atomic E-state index is 0.0152. The molecular formula is C11H11F2NO4S. The lowest BCUT2D eigenvalue weighted by Gasteiger charge is -2.32. The zero-order valence-electron chi connectivity index (χ0n) is 9.66. The van der Waals surface area contributed by atoms with Gasteiger partial charge in [0, 0.05) is 6.54 Å². The fourth-order valence-electron chi connectivity index (χ4n) is 2.15. The molecule has 0 saturated heterocycles. The molecule has 1 atom stereocenters. The highest BCUT2D eigenvalue weighted by molar-refractivity contribution is 7.93. The Labute approximate surface area is 108 Å². The van der Waals surface area contributed by atoms with Crippen LogP contribution in [0.3, 0.4) is 0 Å². The van der Waals surface area contributed by atoms with Crippen molar-refractivity contribution in [2.45, 2.75) is 18.1 Å². The van der Waals surface area contributed by atoms with Gasteiger partial charge >= 0.3 is 11.7 Å². The van der Waals surface area contributed by atoms with E-state index in [2.05, 4.69) is 0 Å². The van der Waals surface area contributed by atoms with Gasteiger partial charge in [0.2, 0.25) is 0 Å². The highest BCUT2D eigenvalue weighted by Gasteiger charge is 2.39. The minimum atomic E-state index is -4.76. The van der Waals surface area contributed by atoms with Crippen LogP contribution in [0.2, 0.25) is 0 Å². The van der Waals surface area contributed by atoms with Crippen LogP contribution in [0.5, 0.6) is 0 Å². The third kappa shape index (κ3) is 2.27. The Kier molecular flexibility index (Phi) is 3.44. The lowest BCUT2D eigenvalue weighted by Crippen LogP contribution is -2.41. The predicted molar refractivity (Wildman–Crippen MR) is 63.7 cm³/mol. The van der Waals surface area contributed by atoms with E-state index < -0.39 is 27.7 Å². The molecule has 1 heterocycles. The Hall–Kier alpha value is -1.70. The van der Waals surface area contributed by atoms with Gasteiger partial charge in [-0.05, 0) is 18.1 Å². The number of hydrogen-bond acceptors (Lipinski definition) is 3. The molecule has 0 bridgehead atoms. The molecule has 1 unspecified atom stereocenters. The summed E-state index contributed by atoms with van der Waals surface area (Å²) >= 11 is 0. The standard InChI is InChI=1S/C11H11F2NO4S/c12-11(13)19(17,18)14-6-5-8(10(15)16)7-3-1-2-4-9(7)14/h1-4,8,11H,5-6H2,(H,15,16). The maximum atomic E-state index is 12.6. The number of benzene rings is 1. The second-order valence-corrected chi connectivity index (χ2v) is 5.94. The van der Waals surface area contributed by atoms with Crippen molar-refractivity contribution in [1.82, 2.24) is 0 Å². The number of rotatable bonds is 3. The number of alkyl halides is 2. The van der Waals surface area contributed by atoms with Crippen molar-refractivity contribution < 1.29 is 27.1 Å². The van der Waals surface area contributed by atoms with Gasteiger partial charge in [0.25, 0.3) is 10.0 Å². The van der Waals surface area contributed by atoms with Crippen LogP contribution >= 0.6 is 0 Å². The molecule has 1 aromatic carbocycles. The molecule has 0 aromatic heterocycles.